The van der Waals surface area contributed by atoms with Gasteiger partial charge in [0.2, 0.25) is 0 Å². The Morgan fingerprint density at radius 3 is 2.29 bits per heavy atom. The van der Waals surface area contributed by atoms with Gasteiger partial charge >= 0.3 is 92.5 Å². The molecular weight excluding hydrogens is 239 g/mol. The quantitative estimate of drug-likeness (QED) is 0.800. The van der Waals surface area contributed by atoms with Crippen LogP contribution in [0.25, 0.3) is 0 Å². The summed E-state index contributed by atoms with van der Waals surface area (Å²) < 4.78 is 1.39. The second kappa shape index (κ2) is 6.23. The van der Waals surface area contributed by atoms with Crippen molar-refractivity contribution < 1.29 is 5.11 Å². The van der Waals surface area contributed by atoms with Crippen molar-refractivity contribution in [2.45, 2.75) is 37.6 Å². The minimum absolute atomic E-state index is 0.125. The molecule has 0 saturated heterocycles. The van der Waals surface area contributed by atoms with Crippen LogP contribution in [0.1, 0.15) is 26.7 Å². The first-order valence-corrected chi connectivity index (χ1v) is 7.02. The van der Waals surface area contributed by atoms with Crippen LogP contribution in [0.4, 0.5) is 0 Å². The zero-order valence-corrected chi connectivity index (χ0v) is 10.5. The molecule has 0 spiro atoms. The van der Waals surface area contributed by atoms with Crippen LogP contribution >= 0.6 is 0 Å². The van der Waals surface area contributed by atoms with Gasteiger partial charge in [0.05, 0.1) is 0 Å². The van der Waals surface area contributed by atoms with E-state index in [4.69, 9.17) is 0 Å². The summed E-state index contributed by atoms with van der Waals surface area (Å²) in [5, 5.41) is 9.79. The van der Waals surface area contributed by atoms with Crippen LogP contribution in [0.5, 0.6) is 0 Å². The Bertz CT molecular complexity index is 248. The van der Waals surface area contributed by atoms with Crippen LogP contribution < -0.4 is 4.46 Å². The molecule has 2 heteroatoms. The van der Waals surface area contributed by atoms with Crippen LogP contribution in [0.2, 0.25) is 4.82 Å². The van der Waals surface area contributed by atoms with E-state index in [0.717, 1.165) is 12.8 Å². The van der Waals surface area contributed by atoms with Crippen molar-refractivity contribution >= 4 is 19.4 Å². The van der Waals surface area contributed by atoms with Gasteiger partial charge in [-0.25, -0.2) is 0 Å². The normalized spacial score (nSPS) is 15.1. The van der Waals surface area contributed by atoms with E-state index in [1.807, 2.05) is 6.07 Å². The van der Waals surface area contributed by atoms with Gasteiger partial charge in [0.15, 0.2) is 0 Å². The molecule has 0 aliphatic rings. The summed E-state index contributed by atoms with van der Waals surface area (Å²) in [5.74, 6) is 0. The average Bonchev–Trinajstić information content (AvgIpc) is 2.26. The van der Waals surface area contributed by atoms with Gasteiger partial charge in [0, 0.05) is 0 Å². The van der Waals surface area contributed by atoms with Crippen LogP contribution in [0, 0.1) is 0 Å². The number of hydrogen-bond donors (Lipinski definition) is 1. The summed E-state index contributed by atoms with van der Waals surface area (Å²) in [5.41, 5.74) is 0. The van der Waals surface area contributed by atoms with Crippen LogP contribution in [-0.4, -0.2) is 26.2 Å². The van der Waals surface area contributed by atoms with Gasteiger partial charge < -0.3 is 0 Å². The molecule has 1 nitrogen and oxygen atoms in total. The Morgan fingerprint density at radius 2 is 1.79 bits per heavy atom. The molecule has 1 rings (SSSR count). The number of aliphatic hydroxyl groups is 1. The van der Waals surface area contributed by atoms with Crippen LogP contribution in [0.15, 0.2) is 30.3 Å². The van der Waals surface area contributed by atoms with Gasteiger partial charge in [-0.15, -0.1) is 0 Å². The molecule has 0 bridgehead atoms. The molecule has 0 aromatic heterocycles. The molecule has 0 unspecified atom stereocenters. The third-order valence-electron chi connectivity index (χ3n) is 2.28. The molecule has 2 atom stereocenters. The fourth-order valence-electron chi connectivity index (χ4n) is 1.37. The van der Waals surface area contributed by atoms with E-state index < -0.39 is 0 Å². The molecule has 0 heterocycles. The van der Waals surface area contributed by atoms with E-state index >= 15 is 0 Å². The maximum absolute atomic E-state index is 9.79. The zero-order chi connectivity index (χ0) is 10.4. The Morgan fingerprint density at radius 1 is 1.14 bits per heavy atom. The summed E-state index contributed by atoms with van der Waals surface area (Å²) in [6.07, 6.45) is 1.82. The molecule has 0 saturated carbocycles. The molecule has 1 aromatic rings. The Hall–Kier alpha value is -0.301. The monoisotopic (exact) mass is 258 g/mol. The van der Waals surface area contributed by atoms with Gasteiger partial charge in [-0.1, -0.05) is 0 Å². The number of aliphatic hydroxyl groups excluding tert-OH is 1. The standard InChI is InChI=1S/C12H18OSe/c1-3-11(13)12(4-2)14-10-8-6-5-7-9-10/h5-9,11-13H,3-4H2,1-2H3/t11-,12-/m0/s1. The minimum atomic E-state index is -0.125. The van der Waals surface area contributed by atoms with Crippen molar-refractivity contribution in [2.75, 3.05) is 0 Å². The predicted molar refractivity (Wildman–Crippen MR) is 62.2 cm³/mol. The zero-order valence-electron chi connectivity index (χ0n) is 8.81. The summed E-state index contributed by atoms with van der Waals surface area (Å²) in [4.78, 5) is 0.467. The summed E-state index contributed by atoms with van der Waals surface area (Å²) >= 11 is 0.408. The van der Waals surface area contributed by atoms with E-state index in [0.29, 0.717) is 19.8 Å². The van der Waals surface area contributed by atoms with Crippen LogP contribution in [0.3, 0.4) is 0 Å². The Balaban J connectivity index is 2.57. The molecular formula is C12H18OSe. The fourth-order valence-corrected chi connectivity index (χ4v) is 3.85. The van der Waals surface area contributed by atoms with Crippen molar-refractivity contribution in [1.82, 2.24) is 0 Å². The van der Waals surface area contributed by atoms with Crippen molar-refractivity contribution in [1.29, 1.82) is 0 Å². The number of benzene rings is 1. The number of rotatable bonds is 5. The maximum atomic E-state index is 9.79. The SMILES string of the molecule is CC[C@H]([Se]c1ccccc1)[C@@H](O)CC. The third-order valence-corrected chi connectivity index (χ3v) is 5.42. The second-order valence-corrected chi connectivity index (χ2v) is 6.11. The molecule has 78 valence electrons. The topological polar surface area (TPSA) is 20.2 Å². The van der Waals surface area contributed by atoms with E-state index in [-0.39, 0.29) is 6.10 Å². The Kier molecular flexibility index (Phi) is 5.24. The molecule has 0 aliphatic carbocycles. The average molecular weight is 257 g/mol. The first-order chi connectivity index (χ1) is 6.77. The van der Waals surface area contributed by atoms with Gasteiger partial charge in [0.25, 0.3) is 0 Å². The van der Waals surface area contributed by atoms with E-state index in [1.54, 1.807) is 0 Å². The second-order valence-electron chi connectivity index (χ2n) is 3.35. The third kappa shape index (κ3) is 3.45. The van der Waals surface area contributed by atoms with Gasteiger partial charge in [-0.3, -0.25) is 0 Å². The Labute approximate surface area is 92.7 Å². The van der Waals surface area contributed by atoms with Crippen molar-refractivity contribution in [3.8, 4) is 0 Å². The van der Waals surface area contributed by atoms with E-state index in [1.165, 1.54) is 4.46 Å². The number of hydrogen-bond acceptors (Lipinski definition) is 1. The first-order valence-electron chi connectivity index (χ1n) is 5.17. The fraction of sp³-hybridized carbons (Fsp3) is 0.500. The first kappa shape index (κ1) is 11.8. The molecule has 0 radical (unpaired) electrons. The van der Waals surface area contributed by atoms with Gasteiger partial charge in [-0.05, 0) is 0 Å². The van der Waals surface area contributed by atoms with Crippen molar-refractivity contribution in [2.24, 2.45) is 0 Å². The van der Waals surface area contributed by atoms with Gasteiger partial charge in [-0.2, -0.15) is 0 Å². The van der Waals surface area contributed by atoms with Crippen molar-refractivity contribution in [3.05, 3.63) is 30.3 Å². The molecule has 0 fully saturated rings. The molecule has 1 aromatic carbocycles. The van der Waals surface area contributed by atoms with Gasteiger partial charge in [0.1, 0.15) is 0 Å². The molecule has 1 N–H and O–H groups in total. The molecule has 0 aliphatic heterocycles. The van der Waals surface area contributed by atoms with E-state index in [2.05, 4.69) is 38.1 Å². The summed E-state index contributed by atoms with van der Waals surface area (Å²) in [6.45, 7) is 4.21. The molecule has 14 heavy (non-hydrogen) atoms. The summed E-state index contributed by atoms with van der Waals surface area (Å²) in [6, 6.07) is 10.5. The predicted octanol–water partition coefficient (Wildman–Crippen LogP) is 1.99. The van der Waals surface area contributed by atoms with Crippen LogP contribution in [-0.2, 0) is 0 Å². The summed E-state index contributed by atoms with van der Waals surface area (Å²) in [7, 11) is 0. The van der Waals surface area contributed by atoms with E-state index in [9.17, 15) is 5.11 Å². The molecule has 0 amide bonds. The van der Waals surface area contributed by atoms with Crippen molar-refractivity contribution in [3.63, 3.8) is 0 Å².